The average Bonchev–Trinajstić information content (AvgIpc) is 2.67. The fourth-order valence-corrected chi connectivity index (χ4v) is 3.57. The van der Waals surface area contributed by atoms with Crippen LogP contribution in [0.1, 0.15) is 25.8 Å². The van der Waals surface area contributed by atoms with Crippen LogP contribution in [0.3, 0.4) is 0 Å². The Labute approximate surface area is 154 Å². The van der Waals surface area contributed by atoms with Gasteiger partial charge in [0.25, 0.3) is 0 Å². The van der Waals surface area contributed by atoms with Gasteiger partial charge in [0, 0.05) is 24.3 Å². The minimum absolute atomic E-state index is 0.0105. The van der Waals surface area contributed by atoms with E-state index in [4.69, 9.17) is 9.73 Å². The molecule has 0 unspecified atom stereocenters. The zero-order chi connectivity index (χ0) is 18.1. The zero-order valence-electron chi connectivity index (χ0n) is 15.6. The molecule has 4 rings (SSSR count). The Kier molecular flexibility index (Phi) is 4.15. The van der Waals surface area contributed by atoms with E-state index in [1.807, 2.05) is 12.3 Å². The van der Waals surface area contributed by atoms with Crippen LogP contribution in [-0.2, 0) is 5.41 Å². The van der Waals surface area contributed by atoms with Crippen LogP contribution in [0.25, 0.3) is 10.8 Å². The van der Waals surface area contributed by atoms with Gasteiger partial charge in [-0.05, 0) is 34.9 Å². The number of aliphatic imine (C=N–C) groups is 1. The van der Waals surface area contributed by atoms with E-state index in [2.05, 4.69) is 80.4 Å². The third-order valence-corrected chi connectivity index (χ3v) is 5.14. The van der Waals surface area contributed by atoms with E-state index in [0.29, 0.717) is 6.73 Å². The highest BCUT2D eigenvalue weighted by Gasteiger charge is 2.25. The molecule has 0 aliphatic carbocycles. The number of nitrogens with zero attached hydrogens (tertiary/aromatic N) is 2. The molecule has 0 radical (unpaired) electrons. The van der Waals surface area contributed by atoms with Crippen molar-refractivity contribution in [1.82, 2.24) is 0 Å². The zero-order valence-corrected chi connectivity index (χ0v) is 15.6. The molecule has 0 saturated carbocycles. The van der Waals surface area contributed by atoms with Crippen LogP contribution in [0.2, 0.25) is 0 Å². The Morgan fingerprint density at radius 2 is 1.73 bits per heavy atom. The molecule has 3 heteroatoms. The number of benzene rings is 3. The summed E-state index contributed by atoms with van der Waals surface area (Å²) in [5.74, 6) is 0.823. The summed E-state index contributed by atoms with van der Waals surface area (Å²) in [4.78, 5) is 7.01. The lowest BCUT2D eigenvalue weighted by Gasteiger charge is -2.30. The van der Waals surface area contributed by atoms with Crippen LogP contribution in [-0.4, -0.2) is 20.0 Å². The van der Waals surface area contributed by atoms with Gasteiger partial charge in [0.1, 0.15) is 11.4 Å². The molecule has 1 aliphatic rings. The van der Waals surface area contributed by atoms with Gasteiger partial charge in [0.2, 0.25) is 0 Å². The van der Waals surface area contributed by atoms with Gasteiger partial charge in [-0.2, -0.15) is 0 Å². The van der Waals surface area contributed by atoms with Gasteiger partial charge in [-0.1, -0.05) is 62.4 Å². The second-order valence-corrected chi connectivity index (χ2v) is 7.52. The Bertz CT molecular complexity index is 975. The molecule has 0 atom stereocenters. The van der Waals surface area contributed by atoms with Crippen molar-refractivity contribution in [2.75, 3.05) is 18.7 Å². The van der Waals surface area contributed by atoms with Gasteiger partial charge < -0.3 is 9.64 Å². The molecule has 0 amide bonds. The quantitative estimate of drug-likeness (QED) is 0.523. The van der Waals surface area contributed by atoms with E-state index in [9.17, 15) is 0 Å². The van der Waals surface area contributed by atoms with Gasteiger partial charge in [-0.3, -0.25) is 4.99 Å². The third kappa shape index (κ3) is 2.94. The van der Waals surface area contributed by atoms with Gasteiger partial charge in [0.15, 0.2) is 6.73 Å². The third-order valence-electron chi connectivity index (χ3n) is 5.14. The number of anilines is 1. The maximum Gasteiger partial charge on any atom is 0.161 e. The normalized spacial score (nSPS) is 16.3. The summed E-state index contributed by atoms with van der Waals surface area (Å²) >= 11 is 0. The highest BCUT2D eigenvalue weighted by Crippen LogP contribution is 2.38. The molecule has 0 N–H and O–H groups in total. The van der Waals surface area contributed by atoms with E-state index in [1.165, 1.54) is 16.6 Å². The lowest BCUT2D eigenvalue weighted by atomic mass is 9.81. The van der Waals surface area contributed by atoms with Crippen molar-refractivity contribution < 1.29 is 4.74 Å². The first-order valence-corrected chi connectivity index (χ1v) is 9.04. The monoisotopic (exact) mass is 344 g/mol. The molecule has 0 saturated heterocycles. The molecule has 1 heterocycles. The Hall–Kier alpha value is -2.81. The van der Waals surface area contributed by atoms with E-state index >= 15 is 0 Å². The standard InChI is InChI=1S/C23H24N2O/c1-23(2)14-15-24-22-18-9-5-4-8-17(18)12-13-21(22)26-16-25(3)20-11-7-6-10-19(20)23/h4-13,15H,14,16H2,1-3H3. The van der Waals surface area contributed by atoms with Crippen LogP contribution >= 0.6 is 0 Å². The molecule has 0 aromatic heterocycles. The number of rotatable bonds is 0. The topological polar surface area (TPSA) is 24.8 Å². The molecule has 3 nitrogen and oxygen atoms in total. The van der Waals surface area contributed by atoms with Gasteiger partial charge in [0.05, 0.1) is 0 Å². The average molecular weight is 344 g/mol. The molecule has 1 aliphatic heterocycles. The number of hydrogen-bond donors (Lipinski definition) is 0. The first kappa shape index (κ1) is 16.6. The van der Waals surface area contributed by atoms with E-state index in [-0.39, 0.29) is 5.41 Å². The molecule has 26 heavy (non-hydrogen) atoms. The van der Waals surface area contributed by atoms with Crippen LogP contribution in [0.5, 0.6) is 5.75 Å². The van der Waals surface area contributed by atoms with Crippen LogP contribution in [0, 0.1) is 0 Å². The molecule has 132 valence electrons. The largest absolute Gasteiger partial charge is 0.471 e. The summed E-state index contributed by atoms with van der Waals surface area (Å²) in [6.45, 7) is 5.02. The SMILES string of the molecule is CN1COc2ccc3ccccc3c2N=CCC(C)(C)c2ccccc21. The van der Waals surface area contributed by atoms with Crippen molar-refractivity contribution in [2.24, 2.45) is 4.99 Å². The summed E-state index contributed by atoms with van der Waals surface area (Å²) in [6, 6.07) is 21.0. The lowest BCUT2D eigenvalue weighted by molar-refractivity contribution is 0.322. The molecule has 0 fully saturated rings. The number of fused-ring (bicyclic) bond motifs is 4. The van der Waals surface area contributed by atoms with Crippen molar-refractivity contribution in [3.8, 4) is 5.75 Å². The van der Waals surface area contributed by atoms with Gasteiger partial charge >= 0.3 is 0 Å². The Balaban J connectivity index is 1.85. The predicted octanol–water partition coefficient (Wildman–Crippen LogP) is 5.70. The van der Waals surface area contributed by atoms with E-state index in [0.717, 1.165) is 23.2 Å². The van der Waals surface area contributed by atoms with Crippen LogP contribution in [0.4, 0.5) is 11.4 Å². The summed E-state index contributed by atoms with van der Waals surface area (Å²) in [5.41, 5.74) is 3.42. The fourth-order valence-electron chi connectivity index (χ4n) is 3.57. The smallest absolute Gasteiger partial charge is 0.161 e. The minimum atomic E-state index is -0.0105. The fraction of sp³-hybridized carbons (Fsp3) is 0.261. The van der Waals surface area contributed by atoms with Gasteiger partial charge in [-0.25, -0.2) is 0 Å². The Morgan fingerprint density at radius 3 is 2.62 bits per heavy atom. The van der Waals surface area contributed by atoms with E-state index in [1.54, 1.807) is 0 Å². The maximum absolute atomic E-state index is 6.18. The molecular formula is C23H24N2O. The number of para-hydroxylation sites is 1. The van der Waals surface area contributed by atoms with Crippen molar-refractivity contribution in [1.29, 1.82) is 0 Å². The first-order valence-electron chi connectivity index (χ1n) is 9.04. The van der Waals surface area contributed by atoms with Crippen molar-refractivity contribution in [3.63, 3.8) is 0 Å². The predicted molar refractivity (Wildman–Crippen MR) is 110 cm³/mol. The minimum Gasteiger partial charge on any atom is -0.471 e. The van der Waals surface area contributed by atoms with Gasteiger partial charge in [-0.15, -0.1) is 0 Å². The van der Waals surface area contributed by atoms with Crippen molar-refractivity contribution in [2.45, 2.75) is 25.7 Å². The van der Waals surface area contributed by atoms with Crippen molar-refractivity contribution >= 4 is 28.4 Å². The molecule has 3 aromatic rings. The highest BCUT2D eigenvalue weighted by molar-refractivity contribution is 5.96. The van der Waals surface area contributed by atoms with Crippen LogP contribution in [0.15, 0.2) is 65.7 Å². The highest BCUT2D eigenvalue weighted by atomic mass is 16.5. The Morgan fingerprint density at radius 1 is 0.962 bits per heavy atom. The summed E-state index contributed by atoms with van der Waals surface area (Å²) in [5, 5.41) is 2.30. The first-order chi connectivity index (χ1) is 12.6. The summed E-state index contributed by atoms with van der Waals surface area (Å²) in [7, 11) is 2.08. The summed E-state index contributed by atoms with van der Waals surface area (Å²) < 4.78 is 6.18. The molecular weight excluding hydrogens is 320 g/mol. The summed E-state index contributed by atoms with van der Waals surface area (Å²) in [6.07, 6.45) is 2.90. The lowest BCUT2D eigenvalue weighted by Crippen LogP contribution is -2.27. The van der Waals surface area contributed by atoms with Crippen LogP contribution < -0.4 is 9.64 Å². The number of hydrogen-bond acceptors (Lipinski definition) is 3. The second-order valence-electron chi connectivity index (χ2n) is 7.52. The molecule has 0 bridgehead atoms. The molecule has 0 spiro atoms. The maximum atomic E-state index is 6.18. The second kappa shape index (κ2) is 6.49. The number of ether oxygens (including phenoxy) is 1. The molecule has 3 aromatic carbocycles. The van der Waals surface area contributed by atoms with Crippen molar-refractivity contribution in [3.05, 3.63) is 66.2 Å². The van der Waals surface area contributed by atoms with E-state index < -0.39 is 0 Å².